The summed E-state index contributed by atoms with van der Waals surface area (Å²) in [6, 6.07) is 5.94. The Balaban J connectivity index is 1.46. The van der Waals surface area contributed by atoms with E-state index in [1.807, 2.05) is 23.0 Å². The van der Waals surface area contributed by atoms with Gasteiger partial charge in [0.05, 0.1) is 12.3 Å². The molecule has 0 saturated heterocycles. The molecule has 5 rings (SSSR count). The van der Waals surface area contributed by atoms with E-state index in [0.29, 0.717) is 23.5 Å². The summed E-state index contributed by atoms with van der Waals surface area (Å²) in [6.45, 7) is 5.26. The van der Waals surface area contributed by atoms with Gasteiger partial charge in [0, 0.05) is 23.7 Å². The fourth-order valence-corrected chi connectivity index (χ4v) is 6.41. The quantitative estimate of drug-likeness (QED) is 0.808. The monoisotopic (exact) mass is 378 g/mol. The molecule has 0 spiro atoms. The van der Waals surface area contributed by atoms with E-state index in [1.165, 1.54) is 16.7 Å². The van der Waals surface area contributed by atoms with Crippen LogP contribution in [-0.4, -0.2) is 26.1 Å². The first-order valence-corrected chi connectivity index (χ1v) is 10.7. The van der Waals surface area contributed by atoms with Crippen LogP contribution in [0.15, 0.2) is 36.2 Å². The maximum absolute atomic E-state index is 11.3. The predicted molar refractivity (Wildman–Crippen MR) is 110 cm³/mol. The number of fused-ring (bicyclic) bond motifs is 5. The number of aryl methyl sites for hydroxylation is 2. The van der Waals surface area contributed by atoms with Crippen LogP contribution < -0.4 is 0 Å². The number of aliphatic hydroxyl groups excluding tert-OH is 1. The summed E-state index contributed by atoms with van der Waals surface area (Å²) in [6.07, 6.45) is 11.2. The van der Waals surface area contributed by atoms with Crippen LogP contribution in [-0.2, 0) is 13.0 Å². The van der Waals surface area contributed by atoms with Gasteiger partial charge < -0.3 is 10.2 Å². The van der Waals surface area contributed by atoms with Gasteiger partial charge in [-0.2, -0.15) is 5.10 Å². The maximum atomic E-state index is 11.3. The highest BCUT2D eigenvalue weighted by Gasteiger charge is 2.56. The summed E-state index contributed by atoms with van der Waals surface area (Å²) in [5.74, 6) is 2.09. The molecule has 2 fully saturated rings. The Morgan fingerprint density at radius 2 is 2.18 bits per heavy atom. The van der Waals surface area contributed by atoms with Crippen LogP contribution in [0.25, 0.3) is 6.08 Å². The summed E-state index contributed by atoms with van der Waals surface area (Å²) in [7, 11) is 0. The smallest absolute Gasteiger partial charge is 0.115 e. The lowest BCUT2D eigenvalue weighted by molar-refractivity contribution is -0.0158. The molecule has 0 radical (unpaired) electrons. The molecule has 0 aliphatic heterocycles. The highest BCUT2D eigenvalue weighted by Crippen LogP contribution is 2.62. The summed E-state index contributed by atoms with van der Waals surface area (Å²) in [4.78, 5) is 0. The van der Waals surface area contributed by atoms with E-state index in [0.717, 1.165) is 44.2 Å². The normalized spacial score (nSPS) is 35.5. The second-order valence-corrected chi connectivity index (χ2v) is 9.30. The number of rotatable bonds is 2. The highest BCUT2D eigenvalue weighted by molar-refractivity contribution is 5.54. The van der Waals surface area contributed by atoms with E-state index in [4.69, 9.17) is 0 Å². The molecule has 28 heavy (non-hydrogen) atoms. The number of aliphatic hydroxyl groups is 1. The summed E-state index contributed by atoms with van der Waals surface area (Å²) < 4.78 is 1.94. The molecular formula is C24H30N2O2. The highest BCUT2D eigenvalue weighted by atomic mass is 16.3. The van der Waals surface area contributed by atoms with Crippen molar-refractivity contribution in [2.45, 2.75) is 64.5 Å². The topological polar surface area (TPSA) is 58.3 Å². The minimum Gasteiger partial charge on any atom is -0.508 e. The number of aromatic nitrogens is 2. The molecule has 0 amide bonds. The second kappa shape index (κ2) is 6.48. The van der Waals surface area contributed by atoms with Gasteiger partial charge in [0.25, 0.3) is 0 Å². The third kappa shape index (κ3) is 2.65. The fraction of sp³-hybridized carbons (Fsp3) is 0.542. The third-order valence-electron chi connectivity index (χ3n) is 7.91. The SMILES string of the molecule is CCn1cc(/C=C2\CC3C4CCc5cc(O)ccc5C4CCC3(C)C2O)cn1. The van der Waals surface area contributed by atoms with Crippen molar-refractivity contribution < 1.29 is 10.2 Å². The van der Waals surface area contributed by atoms with Crippen LogP contribution in [0.5, 0.6) is 5.75 Å². The van der Waals surface area contributed by atoms with Gasteiger partial charge in [-0.1, -0.05) is 19.1 Å². The average molecular weight is 379 g/mol. The van der Waals surface area contributed by atoms with Crippen molar-refractivity contribution in [2.24, 2.45) is 17.3 Å². The number of phenols is 1. The number of hydrogen-bond acceptors (Lipinski definition) is 3. The van der Waals surface area contributed by atoms with Gasteiger partial charge in [-0.3, -0.25) is 4.68 Å². The standard InChI is InChI=1S/C24H30N2O2/c1-3-26-14-15(13-25-26)10-17-12-22-21-6-4-16-11-18(27)5-7-19(16)20(21)8-9-24(22,2)23(17)28/h5,7,10-11,13-14,20-23,27-28H,3-4,6,8-9,12H2,1-2H3/b17-10+. The Morgan fingerprint density at radius 1 is 1.32 bits per heavy atom. The summed E-state index contributed by atoms with van der Waals surface area (Å²) >= 11 is 0. The Bertz CT molecular complexity index is 930. The molecule has 3 aliphatic rings. The van der Waals surface area contributed by atoms with Crippen LogP contribution in [0.1, 0.15) is 62.1 Å². The largest absolute Gasteiger partial charge is 0.508 e. The first-order chi connectivity index (χ1) is 13.5. The zero-order valence-corrected chi connectivity index (χ0v) is 16.8. The van der Waals surface area contributed by atoms with Crippen molar-refractivity contribution in [3.05, 3.63) is 52.9 Å². The second-order valence-electron chi connectivity index (χ2n) is 9.30. The van der Waals surface area contributed by atoms with Crippen LogP contribution in [0, 0.1) is 17.3 Å². The number of nitrogens with zero attached hydrogens (tertiary/aromatic N) is 2. The molecule has 2 aromatic rings. The van der Waals surface area contributed by atoms with Gasteiger partial charge >= 0.3 is 0 Å². The Hall–Kier alpha value is -2.07. The van der Waals surface area contributed by atoms with E-state index in [-0.39, 0.29) is 11.5 Å². The maximum Gasteiger partial charge on any atom is 0.115 e. The van der Waals surface area contributed by atoms with Crippen LogP contribution in [0.2, 0.25) is 0 Å². The van der Waals surface area contributed by atoms with E-state index < -0.39 is 0 Å². The molecule has 148 valence electrons. The molecule has 5 atom stereocenters. The van der Waals surface area contributed by atoms with Crippen molar-refractivity contribution in [1.82, 2.24) is 9.78 Å². The molecule has 0 bridgehead atoms. The van der Waals surface area contributed by atoms with Gasteiger partial charge in [0.2, 0.25) is 0 Å². The van der Waals surface area contributed by atoms with Gasteiger partial charge in [0.15, 0.2) is 0 Å². The van der Waals surface area contributed by atoms with E-state index in [1.54, 1.807) is 0 Å². The number of aromatic hydroxyl groups is 1. The lowest BCUT2D eigenvalue weighted by Crippen LogP contribution is -2.44. The van der Waals surface area contributed by atoms with Crippen molar-refractivity contribution in [1.29, 1.82) is 0 Å². The first-order valence-electron chi connectivity index (χ1n) is 10.7. The summed E-state index contributed by atoms with van der Waals surface area (Å²) in [5, 5.41) is 25.5. The lowest BCUT2D eigenvalue weighted by Gasteiger charge is -2.49. The predicted octanol–water partition coefficient (Wildman–Crippen LogP) is 4.52. The van der Waals surface area contributed by atoms with Crippen molar-refractivity contribution in [3.8, 4) is 5.75 Å². The Labute approximate surface area is 166 Å². The molecule has 2 N–H and O–H groups in total. The summed E-state index contributed by atoms with van der Waals surface area (Å²) in [5.41, 5.74) is 5.01. The number of phenolic OH excluding ortho intramolecular Hbond substituents is 1. The van der Waals surface area contributed by atoms with Crippen molar-refractivity contribution in [2.75, 3.05) is 0 Å². The minimum absolute atomic E-state index is 0.0256. The Morgan fingerprint density at radius 3 is 2.96 bits per heavy atom. The molecule has 4 heteroatoms. The van der Waals surface area contributed by atoms with Gasteiger partial charge in [-0.25, -0.2) is 0 Å². The van der Waals surface area contributed by atoms with Gasteiger partial charge in [0.1, 0.15) is 5.75 Å². The molecule has 4 nitrogen and oxygen atoms in total. The molecule has 1 aromatic heterocycles. The lowest BCUT2D eigenvalue weighted by atomic mass is 9.55. The van der Waals surface area contributed by atoms with E-state index in [2.05, 4.69) is 37.3 Å². The zero-order chi connectivity index (χ0) is 19.5. The van der Waals surface area contributed by atoms with E-state index in [9.17, 15) is 10.2 Å². The molecule has 1 aromatic carbocycles. The van der Waals surface area contributed by atoms with E-state index >= 15 is 0 Å². The van der Waals surface area contributed by atoms with Gasteiger partial charge in [-0.05, 0) is 85.6 Å². The number of hydrogen-bond donors (Lipinski definition) is 2. The fourth-order valence-electron chi connectivity index (χ4n) is 6.41. The van der Waals surface area contributed by atoms with Gasteiger partial charge in [-0.15, -0.1) is 0 Å². The molecule has 2 saturated carbocycles. The van der Waals surface area contributed by atoms with Crippen molar-refractivity contribution in [3.63, 3.8) is 0 Å². The zero-order valence-electron chi connectivity index (χ0n) is 16.8. The third-order valence-corrected chi connectivity index (χ3v) is 7.91. The number of benzene rings is 1. The molecule has 3 aliphatic carbocycles. The molecule has 1 heterocycles. The Kier molecular flexibility index (Phi) is 4.16. The minimum atomic E-state index is -0.357. The molecular weight excluding hydrogens is 348 g/mol. The van der Waals surface area contributed by atoms with Crippen LogP contribution >= 0.6 is 0 Å². The van der Waals surface area contributed by atoms with Crippen molar-refractivity contribution >= 4 is 6.08 Å². The van der Waals surface area contributed by atoms with Crippen LogP contribution in [0.3, 0.4) is 0 Å². The average Bonchev–Trinajstić information content (AvgIpc) is 3.25. The first kappa shape index (κ1) is 18.0. The van der Waals surface area contributed by atoms with Crippen LogP contribution in [0.4, 0.5) is 0 Å². The molecule has 5 unspecified atom stereocenters.